The molecule has 1 unspecified atom stereocenters. The van der Waals surface area contributed by atoms with Gasteiger partial charge in [-0.1, -0.05) is 36.0 Å². The minimum Gasteiger partial charge on any atom is -0.482 e. The normalized spacial score (nSPS) is 17.8. The molecular weight excluding hydrogens is 359 g/mol. The van der Waals surface area contributed by atoms with E-state index in [4.69, 9.17) is 9.84 Å². The van der Waals surface area contributed by atoms with Crippen LogP contribution >= 0.6 is 11.8 Å². The molecule has 1 aliphatic rings. The number of carbonyl (C=O) groups is 2. The Balaban J connectivity index is 1.65. The van der Waals surface area contributed by atoms with E-state index in [0.717, 1.165) is 5.56 Å². The fraction of sp³-hybridized carbons (Fsp3) is 0.111. The summed E-state index contributed by atoms with van der Waals surface area (Å²) in [7, 11) is 0. The van der Waals surface area contributed by atoms with E-state index in [-0.39, 0.29) is 5.91 Å². The third-order valence-corrected chi connectivity index (χ3v) is 4.46. The highest BCUT2D eigenvalue weighted by Gasteiger charge is 2.27. The molecule has 1 saturated heterocycles. The number of hydrogen-bond acceptors (Lipinski definition) is 5. The largest absolute Gasteiger partial charge is 0.482 e. The van der Waals surface area contributed by atoms with Crippen molar-refractivity contribution < 1.29 is 23.8 Å². The molecule has 2 aromatic carbocycles. The summed E-state index contributed by atoms with van der Waals surface area (Å²) >= 11 is 1.25. The second kappa shape index (κ2) is 7.92. The summed E-state index contributed by atoms with van der Waals surface area (Å²) in [5, 5.41) is 14.2. The number of ether oxygens (including phenoxy) is 1. The minimum atomic E-state index is -1.05. The van der Waals surface area contributed by atoms with E-state index in [1.807, 2.05) is 0 Å². The van der Waals surface area contributed by atoms with Gasteiger partial charge in [0.15, 0.2) is 12.1 Å². The molecule has 3 N–H and O–H groups in total. The van der Waals surface area contributed by atoms with Crippen LogP contribution in [0.25, 0.3) is 6.08 Å². The van der Waals surface area contributed by atoms with Gasteiger partial charge in [-0.05, 0) is 35.9 Å². The molecule has 0 saturated carbocycles. The number of carboxylic acid groups (broad SMARTS) is 1. The SMILES string of the molecule is O=C(O)COc1ccc(/C=C2\SC(Nc3ccccc3F)NC2=O)cc1. The molecule has 2 aromatic rings. The number of nitrogens with one attached hydrogen (secondary N) is 2. The predicted molar refractivity (Wildman–Crippen MR) is 97.1 cm³/mol. The van der Waals surface area contributed by atoms with Crippen molar-refractivity contribution in [1.82, 2.24) is 5.32 Å². The number of aliphatic carboxylic acids is 1. The Morgan fingerprint density at radius 1 is 1.27 bits per heavy atom. The van der Waals surface area contributed by atoms with E-state index >= 15 is 0 Å². The topological polar surface area (TPSA) is 87.7 Å². The highest BCUT2D eigenvalue weighted by Crippen LogP contribution is 2.31. The van der Waals surface area contributed by atoms with Gasteiger partial charge in [0.2, 0.25) is 0 Å². The smallest absolute Gasteiger partial charge is 0.341 e. The van der Waals surface area contributed by atoms with Crippen LogP contribution in [-0.2, 0) is 9.59 Å². The maximum Gasteiger partial charge on any atom is 0.341 e. The first-order valence-corrected chi connectivity index (χ1v) is 8.54. The average molecular weight is 374 g/mol. The maximum absolute atomic E-state index is 13.7. The molecule has 1 amide bonds. The summed E-state index contributed by atoms with van der Waals surface area (Å²) in [5.74, 6) is -1.27. The van der Waals surface area contributed by atoms with Gasteiger partial charge in [-0.3, -0.25) is 4.79 Å². The summed E-state index contributed by atoms with van der Waals surface area (Å²) in [6.45, 7) is -0.415. The third-order valence-electron chi connectivity index (χ3n) is 3.43. The quantitative estimate of drug-likeness (QED) is 0.674. The Labute approximate surface area is 153 Å². The number of para-hydroxylation sites is 1. The molecular formula is C18H15FN2O4S. The maximum atomic E-state index is 13.7. The van der Waals surface area contributed by atoms with Crippen LogP contribution in [0, 0.1) is 5.82 Å². The van der Waals surface area contributed by atoms with Crippen molar-refractivity contribution in [2.24, 2.45) is 0 Å². The predicted octanol–water partition coefficient (Wildman–Crippen LogP) is 2.89. The van der Waals surface area contributed by atoms with Gasteiger partial charge in [-0.25, -0.2) is 9.18 Å². The zero-order valence-electron chi connectivity index (χ0n) is 13.4. The number of rotatable bonds is 6. The van der Waals surface area contributed by atoms with Crippen LogP contribution in [0.4, 0.5) is 10.1 Å². The summed E-state index contributed by atoms with van der Waals surface area (Å²) in [4.78, 5) is 23.0. The Hall–Kier alpha value is -3.00. The average Bonchev–Trinajstić information content (AvgIpc) is 2.95. The highest BCUT2D eigenvalue weighted by atomic mass is 32.2. The fourth-order valence-corrected chi connectivity index (χ4v) is 3.22. The van der Waals surface area contributed by atoms with Crippen molar-refractivity contribution >= 4 is 35.4 Å². The molecule has 1 heterocycles. The van der Waals surface area contributed by atoms with Crippen molar-refractivity contribution in [3.63, 3.8) is 0 Å². The number of hydrogen-bond donors (Lipinski definition) is 3. The van der Waals surface area contributed by atoms with Gasteiger partial charge in [0.05, 0.1) is 10.6 Å². The van der Waals surface area contributed by atoms with Gasteiger partial charge in [0.1, 0.15) is 11.6 Å². The van der Waals surface area contributed by atoms with Gasteiger partial charge in [-0.2, -0.15) is 0 Å². The molecule has 26 heavy (non-hydrogen) atoms. The molecule has 0 radical (unpaired) electrons. The number of anilines is 1. The first-order valence-electron chi connectivity index (χ1n) is 7.66. The molecule has 3 rings (SSSR count). The lowest BCUT2D eigenvalue weighted by atomic mass is 10.2. The molecule has 8 heteroatoms. The van der Waals surface area contributed by atoms with E-state index in [2.05, 4.69) is 10.6 Å². The number of carboxylic acids is 1. The molecule has 1 aliphatic heterocycles. The molecule has 0 bridgehead atoms. The Bertz CT molecular complexity index is 855. The van der Waals surface area contributed by atoms with Crippen molar-refractivity contribution in [2.45, 2.75) is 5.50 Å². The molecule has 0 aliphatic carbocycles. The highest BCUT2D eigenvalue weighted by molar-refractivity contribution is 8.05. The van der Waals surface area contributed by atoms with E-state index < -0.39 is 23.9 Å². The van der Waals surface area contributed by atoms with Crippen LogP contribution in [0.3, 0.4) is 0 Å². The van der Waals surface area contributed by atoms with Crippen LogP contribution in [0.5, 0.6) is 5.75 Å². The number of halogens is 1. The van der Waals surface area contributed by atoms with Crippen LogP contribution in [0.2, 0.25) is 0 Å². The van der Waals surface area contributed by atoms with E-state index in [0.29, 0.717) is 16.3 Å². The standard InChI is InChI=1S/C18H15FN2O4S/c19-13-3-1-2-4-14(13)20-18-21-17(24)15(26-18)9-11-5-7-12(8-6-11)25-10-16(22)23/h1-9,18,20H,10H2,(H,21,24)(H,22,23)/b15-9-. The van der Waals surface area contributed by atoms with Crippen LogP contribution in [0.1, 0.15) is 5.56 Å². The van der Waals surface area contributed by atoms with Crippen LogP contribution in [-0.4, -0.2) is 29.1 Å². The number of benzene rings is 2. The van der Waals surface area contributed by atoms with Crippen LogP contribution < -0.4 is 15.4 Å². The monoisotopic (exact) mass is 374 g/mol. The molecule has 1 fully saturated rings. The van der Waals surface area contributed by atoms with Crippen LogP contribution in [0.15, 0.2) is 53.4 Å². The Morgan fingerprint density at radius 2 is 2.00 bits per heavy atom. The zero-order valence-corrected chi connectivity index (χ0v) is 14.3. The van der Waals surface area contributed by atoms with Gasteiger partial charge in [0, 0.05) is 0 Å². The lowest BCUT2D eigenvalue weighted by Gasteiger charge is -2.12. The summed E-state index contributed by atoms with van der Waals surface area (Å²) < 4.78 is 18.7. The molecule has 0 aromatic heterocycles. The third kappa shape index (κ3) is 4.54. The second-order valence-corrected chi connectivity index (χ2v) is 6.50. The zero-order chi connectivity index (χ0) is 18.5. The van der Waals surface area contributed by atoms with Crippen molar-refractivity contribution in [3.8, 4) is 5.75 Å². The first-order chi connectivity index (χ1) is 12.5. The molecule has 6 nitrogen and oxygen atoms in total. The van der Waals surface area contributed by atoms with Crippen molar-refractivity contribution in [2.75, 3.05) is 11.9 Å². The number of amides is 1. The second-order valence-electron chi connectivity index (χ2n) is 5.36. The van der Waals surface area contributed by atoms with Gasteiger partial charge < -0.3 is 20.5 Å². The molecule has 1 atom stereocenters. The molecule has 0 spiro atoms. The summed E-state index contributed by atoms with van der Waals surface area (Å²) in [6.07, 6.45) is 1.70. The summed E-state index contributed by atoms with van der Waals surface area (Å²) in [5.41, 5.74) is 0.604. The van der Waals surface area contributed by atoms with Crippen molar-refractivity contribution in [1.29, 1.82) is 0 Å². The van der Waals surface area contributed by atoms with E-state index in [1.165, 1.54) is 17.8 Å². The fourth-order valence-electron chi connectivity index (χ4n) is 2.24. The minimum absolute atomic E-state index is 0.255. The van der Waals surface area contributed by atoms with Gasteiger partial charge in [-0.15, -0.1) is 0 Å². The number of carbonyl (C=O) groups excluding carboxylic acids is 1. The van der Waals surface area contributed by atoms with E-state index in [9.17, 15) is 14.0 Å². The Kier molecular flexibility index (Phi) is 5.43. The first kappa shape index (κ1) is 17.8. The lowest BCUT2D eigenvalue weighted by Crippen LogP contribution is -2.31. The van der Waals surface area contributed by atoms with E-state index in [1.54, 1.807) is 48.5 Å². The summed E-state index contributed by atoms with van der Waals surface area (Å²) in [6, 6.07) is 12.9. The van der Waals surface area contributed by atoms with Gasteiger partial charge in [0.25, 0.3) is 5.91 Å². The van der Waals surface area contributed by atoms with Crippen molar-refractivity contribution in [3.05, 3.63) is 64.8 Å². The van der Waals surface area contributed by atoms with Gasteiger partial charge >= 0.3 is 5.97 Å². The molecule has 134 valence electrons. The number of thioether (sulfide) groups is 1. The lowest BCUT2D eigenvalue weighted by molar-refractivity contribution is -0.139. The Morgan fingerprint density at radius 3 is 2.69 bits per heavy atom.